The smallest absolute Gasteiger partial charge is 0.295 e. The Morgan fingerprint density at radius 3 is 2.12 bits per heavy atom. The summed E-state index contributed by atoms with van der Waals surface area (Å²) < 4.78 is 28.7. The van der Waals surface area contributed by atoms with Gasteiger partial charge in [0, 0.05) is 12.4 Å². The highest BCUT2D eigenvalue weighted by Crippen LogP contribution is 2.29. The summed E-state index contributed by atoms with van der Waals surface area (Å²) in [6, 6.07) is 1.26. The fourth-order valence-electron chi connectivity index (χ4n) is 6.54. The van der Waals surface area contributed by atoms with Crippen LogP contribution in [0.1, 0.15) is 108 Å². The molecule has 1 aliphatic carbocycles. The number of carbonyl (C=O) groups is 7. The van der Waals surface area contributed by atoms with Gasteiger partial charge in [0.15, 0.2) is 0 Å². The summed E-state index contributed by atoms with van der Waals surface area (Å²) in [4.78, 5) is 101. The summed E-state index contributed by atoms with van der Waals surface area (Å²) in [5.74, 6) is -7.94. The van der Waals surface area contributed by atoms with Crippen molar-refractivity contribution in [2.45, 2.75) is 121 Å². The van der Waals surface area contributed by atoms with E-state index in [1.807, 2.05) is 25.2 Å². The third kappa shape index (κ3) is 13.7. The van der Waals surface area contributed by atoms with E-state index in [-0.39, 0.29) is 46.7 Å². The molecule has 1 fully saturated rings. The topological polar surface area (TPSA) is 281 Å². The van der Waals surface area contributed by atoms with Gasteiger partial charge in [0.2, 0.25) is 23.5 Å². The molecule has 0 bridgehead atoms. The molecular formula is C40H55N9O9S. The standard InChI is InChI=1S/C40H55N9O9S/c1-6-25(5)34(48-36(52)30(19-24(3)4)45-37(53)32-22-43-17-18-44-32)38(54)46-31(20-26-11-9-8-10-12-26)40(56)49(23-33(50)47-39(55)35(51)29(42)7-2)59(57,58)28-15-13-27(21-41)14-16-28/h13-18,22,24-26,29-31,34H,6-12,19-20,23,42H2,1-5H3,(H,45,53)(H,46,54)(H,48,52)(H,47,50,55)/t25-,29?,30-,31-,34-/m0/s1. The van der Waals surface area contributed by atoms with Gasteiger partial charge in [0.1, 0.15) is 30.4 Å². The van der Waals surface area contributed by atoms with Crippen LogP contribution in [0.25, 0.3) is 0 Å². The first-order valence-electron chi connectivity index (χ1n) is 19.8. The van der Waals surface area contributed by atoms with Crippen molar-refractivity contribution in [1.29, 1.82) is 5.26 Å². The highest BCUT2D eigenvalue weighted by Gasteiger charge is 2.40. The molecule has 5 atom stereocenters. The number of ketones is 1. The van der Waals surface area contributed by atoms with Gasteiger partial charge in [-0.1, -0.05) is 73.1 Å². The molecule has 2 aromatic rings. The molecular weight excluding hydrogens is 783 g/mol. The normalized spacial score (nSPS) is 15.6. The fourth-order valence-corrected chi connectivity index (χ4v) is 7.93. The second-order valence-corrected chi connectivity index (χ2v) is 17.0. The van der Waals surface area contributed by atoms with E-state index in [9.17, 15) is 47.2 Å². The van der Waals surface area contributed by atoms with Gasteiger partial charge >= 0.3 is 0 Å². The van der Waals surface area contributed by atoms with Crippen LogP contribution in [0.3, 0.4) is 0 Å². The van der Waals surface area contributed by atoms with Crippen LogP contribution in [0.2, 0.25) is 0 Å². The number of hydrogen-bond acceptors (Lipinski definition) is 13. The molecule has 3 rings (SSSR count). The third-order valence-corrected chi connectivity index (χ3v) is 11.9. The molecule has 1 aliphatic rings. The number of sulfonamides is 1. The van der Waals surface area contributed by atoms with E-state index in [0.29, 0.717) is 19.3 Å². The molecule has 1 saturated carbocycles. The average Bonchev–Trinajstić information content (AvgIpc) is 3.23. The number of benzene rings is 1. The van der Waals surface area contributed by atoms with Gasteiger partial charge in [0.05, 0.1) is 28.8 Å². The lowest BCUT2D eigenvalue weighted by Gasteiger charge is -2.32. The Morgan fingerprint density at radius 1 is 0.898 bits per heavy atom. The second-order valence-electron chi connectivity index (χ2n) is 15.2. The maximum absolute atomic E-state index is 14.7. The monoisotopic (exact) mass is 837 g/mol. The molecule has 0 spiro atoms. The molecule has 19 heteroatoms. The Morgan fingerprint density at radius 2 is 1.56 bits per heavy atom. The number of rotatable bonds is 20. The fraction of sp³-hybridized carbons (Fsp3) is 0.550. The lowest BCUT2D eigenvalue weighted by Crippen LogP contribution is -2.60. The number of Topliss-reactive ketones (excluding diaryl/α,β-unsaturated/α-hetero) is 1. The van der Waals surface area contributed by atoms with Crippen LogP contribution in [0.4, 0.5) is 0 Å². The van der Waals surface area contributed by atoms with Gasteiger partial charge in [-0.15, -0.1) is 0 Å². The zero-order chi connectivity index (χ0) is 43.9. The Balaban J connectivity index is 2.02. The molecule has 1 unspecified atom stereocenters. The average molecular weight is 838 g/mol. The Bertz CT molecular complexity index is 1970. The molecule has 320 valence electrons. The van der Waals surface area contributed by atoms with Gasteiger partial charge in [-0.25, -0.2) is 17.7 Å². The number of carbonyl (C=O) groups excluding carboxylic acids is 7. The summed E-state index contributed by atoms with van der Waals surface area (Å²) in [6.45, 7) is 7.47. The zero-order valence-electron chi connectivity index (χ0n) is 34.1. The van der Waals surface area contributed by atoms with Crippen LogP contribution >= 0.6 is 0 Å². The van der Waals surface area contributed by atoms with Crippen molar-refractivity contribution in [1.82, 2.24) is 35.5 Å². The van der Waals surface area contributed by atoms with Crippen LogP contribution in [0.15, 0.2) is 47.8 Å². The van der Waals surface area contributed by atoms with Gasteiger partial charge in [0.25, 0.3) is 27.7 Å². The van der Waals surface area contributed by atoms with Crippen molar-refractivity contribution in [3.63, 3.8) is 0 Å². The van der Waals surface area contributed by atoms with E-state index in [1.54, 1.807) is 20.8 Å². The van der Waals surface area contributed by atoms with Crippen LogP contribution in [0.5, 0.6) is 0 Å². The minimum Gasteiger partial charge on any atom is -0.342 e. The molecule has 1 aromatic heterocycles. The molecule has 1 heterocycles. The molecule has 6 N–H and O–H groups in total. The lowest BCUT2D eigenvalue weighted by molar-refractivity contribution is -0.142. The maximum atomic E-state index is 14.7. The lowest BCUT2D eigenvalue weighted by atomic mass is 9.84. The number of nitrogens with one attached hydrogen (secondary N) is 4. The Kier molecular flexibility index (Phi) is 18.2. The summed E-state index contributed by atoms with van der Waals surface area (Å²) >= 11 is 0. The number of hydrogen-bond donors (Lipinski definition) is 5. The zero-order valence-corrected chi connectivity index (χ0v) is 34.9. The van der Waals surface area contributed by atoms with E-state index in [1.165, 1.54) is 30.7 Å². The van der Waals surface area contributed by atoms with E-state index >= 15 is 0 Å². The predicted molar refractivity (Wildman–Crippen MR) is 214 cm³/mol. The second kappa shape index (κ2) is 22.5. The molecule has 1 aromatic carbocycles. The highest BCUT2D eigenvalue weighted by atomic mass is 32.2. The Labute approximate surface area is 344 Å². The molecule has 0 saturated heterocycles. The summed E-state index contributed by atoms with van der Waals surface area (Å²) in [6.07, 6.45) is 8.53. The van der Waals surface area contributed by atoms with Crippen LogP contribution in [0, 0.1) is 29.1 Å². The molecule has 18 nitrogen and oxygen atoms in total. The van der Waals surface area contributed by atoms with Crippen molar-refractivity contribution in [2.24, 2.45) is 23.5 Å². The first-order chi connectivity index (χ1) is 27.9. The van der Waals surface area contributed by atoms with Crippen LogP contribution in [-0.4, -0.2) is 94.6 Å². The maximum Gasteiger partial charge on any atom is 0.295 e. The molecule has 0 radical (unpaired) electrons. The van der Waals surface area contributed by atoms with Crippen molar-refractivity contribution in [3.05, 3.63) is 54.1 Å². The quantitative estimate of drug-likeness (QED) is 0.119. The summed E-state index contributed by atoms with van der Waals surface area (Å²) in [7, 11) is -4.91. The SMILES string of the molecule is CCC(N)C(=O)C(=O)NC(=O)CN(C(=O)[C@H](CC1CCCCC1)NC(=O)[C@@H](NC(=O)[C@H](CC(C)C)NC(=O)c1cnccn1)[C@@H](C)CC)S(=O)(=O)c1ccc(C#N)cc1. The number of aromatic nitrogens is 2. The van der Waals surface area contributed by atoms with Gasteiger partial charge in [-0.2, -0.15) is 5.26 Å². The molecule has 6 amide bonds. The number of imide groups is 1. The van der Waals surface area contributed by atoms with Crippen molar-refractivity contribution in [3.8, 4) is 6.07 Å². The first kappa shape index (κ1) is 47.8. The minimum atomic E-state index is -4.91. The number of nitrogens with zero attached hydrogens (tertiary/aromatic N) is 4. The van der Waals surface area contributed by atoms with Crippen LogP contribution < -0.4 is 27.0 Å². The van der Waals surface area contributed by atoms with E-state index < -0.39 is 92.8 Å². The summed E-state index contributed by atoms with van der Waals surface area (Å²) in [5.41, 5.74) is 5.75. The van der Waals surface area contributed by atoms with Crippen molar-refractivity contribution in [2.75, 3.05) is 6.54 Å². The van der Waals surface area contributed by atoms with Crippen LogP contribution in [-0.2, 0) is 38.8 Å². The number of nitrogens with two attached hydrogens (primary N) is 1. The van der Waals surface area contributed by atoms with E-state index in [0.717, 1.165) is 31.4 Å². The van der Waals surface area contributed by atoms with Gasteiger partial charge in [-0.05, 0) is 61.3 Å². The Hall–Kier alpha value is -5.61. The predicted octanol–water partition coefficient (Wildman–Crippen LogP) is 1.65. The van der Waals surface area contributed by atoms with E-state index in [2.05, 4.69) is 25.9 Å². The largest absolute Gasteiger partial charge is 0.342 e. The number of amides is 6. The molecule has 59 heavy (non-hydrogen) atoms. The summed E-state index contributed by atoms with van der Waals surface area (Å²) in [5, 5.41) is 19.2. The highest BCUT2D eigenvalue weighted by molar-refractivity contribution is 7.89. The molecule has 0 aliphatic heterocycles. The van der Waals surface area contributed by atoms with Gasteiger partial charge < -0.3 is 21.7 Å². The first-order valence-corrected chi connectivity index (χ1v) is 21.2. The van der Waals surface area contributed by atoms with Crippen molar-refractivity contribution >= 4 is 51.2 Å². The number of nitriles is 1. The minimum absolute atomic E-state index is 0.0240. The van der Waals surface area contributed by atoms with E-state index in [4.69, 9.17) is 5.73 Å². The third-order valence-electron chi connectivity index (χ3n) is 10.2. The van der Waals surface area contributed by atoms with Gasteiger partial charge in [-0.3, -0.25) is 43.9 Å². The van der Waals surface area contributed by atoms with Crippen molar-refractivity contribution < 1.29 is 42.0 Å².